The molecule has 1 saturated heterocycles. The Labute approximate surface area is 258 Å². The number of fused-ring (bicyclic) bond motifs is 1. The zero-order valence-electron chi connectivity index (χ0n) is 25.8. The fourth-order valence-corrected chi connectivity index (χ4v) is 6.51. The fraction of sp³-hybridized carbons (Fsp3) is 0.581. The lowest BCUT2D eigenvalue weighted by atomic mass is 10.0. The molecule has 2 amide bonds. The molecule has 13 heteroatoms. The molecule has 0 bridgehead atoms. The molecule has 2 aliphatic heterocycles. The third-order valence-corrected chi connectivity index (χ3v) is 9.12. The smallest absolute Gasteiger partial charge is 0.320 e. The van der Waals surface area contributed by atoms with Gasteiger partial charge in [0.15, 0.2) is 5.82 Å². The van der Waals surface area contributed by atoms with Crippen molar-refractivity contribution in [3.05, 3.63) is 30.0 Å². The Morgan fingerprint density at radius 1 is 1.18 bits per heavy atom. The van der Waals surface area contributed by atoms with Crippen molar-refractivity contribution in [1.82, 2.24) is 20.2 Å². The Morgan fingerprint density at radius 2 is 1.91 bits per heavy atom. The van der Waals surface area contributed by atoms with E-state index in [9.17, 15) is 14.4 Å². The van der Waals surface area contributed by atoms with Crippen LogP contribution in [-0.2, 0) is 9.59 Å². The van der Waals surface area contributed by atoms with Gasteiger partial charge in [-0.2, -0.15) is 4.98 Å². The van der Waals surface area contributed by atoms with Crippen LogP contribution in [0.3, 0.4) is 0 Å². The summed E-state index contributed by atoms with van der Waals surface area (Å²) in [5.41, 5.74) is 7.42. The van der Waals surface area contributed by atoms with Crippen molar-refractivity contribution < 1.29 is 24.2 Å². The summed E-state index contributed by atoms with van der Waals surface area (Å²) >= 11 is 0. The molecule has 2 atom stereocenters. The summed E-state index contributed by atoms with van der Waals surface area (Å²) in [7, 11) is 3.33. The minimum atomic E-state index is -0.986. The minimum Gasteiger partial charge on any atom is -0.495 e. The molecule has 5 N–H and O–H groups in total. The zero-order valence-corrected chi connectivity index (χ0v) is 25.8. The second-order valence-electron chi connectivity index (χ2n) is 11.9. The molecule has 2 fully saturated rings. The third-order valence-electron chi connectivity index (χ3n) is 9.12. The van der Waals surface area contributed by atoms with Gasteiger partial charge < -0.3 is 40.9 Å². The third kappa shape index (κ3) is 6.73. The van der Waals surface area contributed by atoms with Crippen LogP contribution in [0, 0.1) is 0 Å². The van der Waals surface area contributed by atoms with Gasteiger partial charge in [0, 0.05) is 44.3 Å². The van der Waals surface area contributed by atoms with Gasteiger partial charge in [-0.15, -0.1) is 0 Å². The van der Waals surface area contributed by atoms with Crippen LogP contribution >= 0.6 is 0 Å². The van der Waals surface area contributed by atoms with Gasteiger partial charge in [-0.05, 0) is 56.7 Å². The summed E-state index contributed by atoms with van der Waals surface area (Å²) in [4.78, 5) is 52.7. The second-order valence-corrected chi connectivity index (χ2v) is 11.9. The number of carboxylic acids is 1. The number of likely N-dealkylation sites (tertiary alicyclic amines) is 1. The number of aromatic nitrogens is 2. The van der Waals surface area contributed by atoms with Gasteiger partial charge in [0.25, 0.3) is 5.91 Å². The number of aliphatic carboxylic acids is 1. The van der Waals surface area contributed by atoms with E-state index in [1.165, 1.54) is 0 Å². The number of benzene rings is 1. The first-order valence-corrected chi connectivity index (χ1v) is 15.6. The van der Waals surface area contributed by atoms with E-state index < -0.39 is 12.0 Å². The highest BCUT2D eigenvalue weighted by Crippen LogP contribution is 2.40. The molecule has 0 unspecified atom stereocenters. The minimum absolute atomic E-state index is 0.0272. The number of nitrogens with two attached hydrogens (primary N) is 1. The van der Waals surface area contributed by atoms with Crippen molar-refractivity contribution >= 4 is 40.9 Å². The van der Waals surface area contributed by atoms with E-state index in [1.807, 2.05) is 6.92 Å². The Morgan fingerprint density at radius 3 is 2.57 bits per heavy atom. The molecule has 3 heterocycles. The number of carbonyl (C=O) groups is 3. The lowest BCUT2D eigenvalue weighted by molar-refractivity contribution is -0.138. The summed E-state index contributed by atoms with van der Waals surface area (Å²) < 4.78 is 5.64. The van der Waals surface area contributed by atoms with E-state index in [0.717, 1.165) is 57.4 Å². The van der Waals surface area contributed by atoms with Crippen LogP contribution in [0.1, 0.15) is 68.6 Å². The van der Waals surface area contributed by atoms with Gasteiger partial charge in [-0.1, -0.05) is 19.8 Å². The molecular formula is C31H44N8O5. The van der Waals surface area contributed by atoms with E-state index in [2.05, 4.69) is 25.4 Å². The number of likely N-dealkylation sites (N-methyl/N-ethyl adjacent to an activating group) is 1. The first-order valence-electron chi connectivity index (χ1n) is 15.6. The lowest BCUT2D eigenvalue weighted by Crippen LogP contribution is -2.55. The van der Waals surface area contributed by atoms with Gasteiger partial charge in [0.1, 0.15) is 23.5 Å². The molecule has 1 saturated carbocycles. The van der Waals surface area contributed by atoms with Crippen molar-refractivity contribution in [2.24, 2.45) is 5.73 Å². The van der Waals surface area contributed by atoms with E-state index >= 15 is 0 Å². The van der Waals surface area contributed by atoms with Crippen LogP contribution in [-0.4, -0.2) is 95.7 Å². The number of rotatable bonds is 11. The number of piperidine rings is 1. The van der Waals surface area contributed by atoms with Crippen LogP contribution < -0.4 is 30.9 Å². The number of anilines is 4. The summed E-state index contributed by atoms with van der Waals surface area (Å²) in [5, 5.41) is 15.4. The number of nitrogens with one attached hydrogen (secondary N) is 2. The molecular weight excluding hydrogens is 564 g/mol. The highest BCUT2D eigenvalue weighted by molar-refractivity contribution is 6.04. The molecule has 1 aromatic heterocycles. The Bertz CT molecular complexity index is 1360. The number of carboxylic acid groups (broad SMARTS) is 1. The Balaban J connectivity index is 1.25. The van der Waals surface area contributed by atoms with E-state index in [4.69, 9.17) is 20.6 Å². The molecule has 238 valence electrons. The van der Waals surface area contributed by atoms with Gasteiger partial charge in [-0.25, -0.2) is 4.98 Å². The molecule has 3 aliphatic rings. The maximum atomic E-state index is 13.2. The van der Waals surface area contributed by atoms with Gasteiger partial charge in [0.2, 0.25) is 11.9 Å². The van der Waals surface area contributed by atoms with Crippen molar-refractivity contribution in [2.45, 2.75) is 82.5 Å². The highest BCUT2D eigenvalue weighted by atomic mass is 16.5. The standard InChI is InChI=1S/C31H44N8O5/c1-4-24-29(41)37(2)25-18-33-31(36-27(25)39(24)21-7-5-6-8-21)35-23-10-9-19(17-26(23)44-3)28(40)34-20-11-14-38(15-12-20)16-13-22(32)30(42)43/h9-10,17-18,20-22,24H,4-8,11-16,32H2,1-3H3,(H,34,40)(H,42,43)(H,33,35,36)/t22-,24-/m1/s1. The zero-order chi connectivity index (χ0) is 31.4. The van der Waals surface area contributed by atoms with Crippen molar-refractivity contribution in [3.63, 3.8) is 0 Å². The summed E-state index contributed by atoms with van der Waals surface area (Å²) in [6, 6.07) is 4.41. The molecule has 0 radical (unpaired) electrons. The summed E-state index contributed by atoms with van der Waals surface area (Å²) in [6.07, 6.45) is 8.71. The molecule has 44 heavy (non-hydrogen) atoms. The van der Waals surface area contributed by atoms with Crippen molar-refractivity contribution in [2.75, 3.05) is 48.9 Å². The number of methoxy groups -OCH3 is 1. The average Bonchev–Trinajstić information content (AvgIpc) is 3.56. The average molecular weight is 609 g/mol. The lowest BCUT2D eigenvalue weighted by Gasteiger charge is -2.43. The number of ether oxygens (including phenoxy) is 1. The van der Waals surface area contributed by atoms with Crippen LogP contribution in [0.4, 0.5) is 23.1 Å². The summed E-state index contributed by atoms with van der Waals surface area (Å²) in [6.45, 7) is 4.20. The first kappa shape index (κ1) is 31.5. The Hall–Kier alpha value is -3.97. The quantitative estimate of drug-likeness (QED) is 0.296. The SMILES string of the molecule is CC[C@@H]1C(=O)N(C)c2cnc(Nc3ccc(C(=O)NC4CCN(CC[C@@H](N)C(=O)O)CC4)cc3OC)nc2N1C1CCCC1. The van der Waals surface area contributed by atoms with Gasteiger partial charge in [0.05, 0.1) is 19.0 Å². The topological polar surface area (TPSA) is 166 Å². The van der Waals surface area contributed by atoms with Crippen LogP contribution in [0.25, 0.3) is 0 Å². The van der Waals surface area contributed by atoms with Crippen molar-refractivity contribution in [1.29, 1.82) is 0 Å². The Kier molecular flexibility index (Phi) is 9.84. The summed E-state index contributed by atoms with van der Waals surface area (Å²) in [5.74, 6) is 0.523. The predicted octanol–water partition coefficient (Wildman–Crippen LogP) is 2.73. The first-order chi connectivity index (χ1) is 21.2. The van der Waals surface area contributed by atoms with E-state index in [-0.39, 0.29) is 29.9 Å². The van der Waals surface area contributed by atoms with Gasteiger partial charge in [-0.3, -0.25) is 14.4 Å². The highest BCUT2D eigenvalue weighted by Gasteiger charge is 2.41. The molecule has 5 rings (SSSR count). The van der Waals surface area contributed by atoms with E-state index in [0.29, 0.717) is 48.0 Å². The normalized spacial score (nSPS) is 20.4. The maximum Gasteiger partial charge on any atom is 0.320 e. The van der Waals surface area contributed by atoms with Gasteiger partial charge >= 0.3 is 5.97 Å². The molecule has 13 nitrogen and oxygen atoms in total. The monoisotopic (exact) mass is 608 g/mol. The van der Waals surface area contributed by atoms with Crippen LogP contribution in [0.5, 0.6) is 5.75 Å². The largest absolute Gasteiger partial charge is 0.495 e. The number of hydrogen-bond acceptors (Lipinski definition) is 10. The van der Waals surface area contributed by atoms with E-state index in [1.54, 1.807) is 43.5 Å². The molecule has 2 aromatic rings. The number of amides is 2. The second kappa shape index (κ2) is 13.8. The maximum absolute atomic E-state index is 13.2. The number of nitrogens with zero attached hydrogens (tertiary/aromatic N) is 5. The molecule has 0 spiro atoms. The number of carbonyl (C=O) groups excluding carboxylic acids is 2. The fourth-order valence-electron chi connectivity index (χ4n) is 6.51. The molecule has 1 aromatic carbocycles. The molecule has 1 aliphatic carbocycles. The van der Waals surface area contributed by atoms with Crippen LogP contribution in [0.2, 0.25) is 0 Å². The predicted molar refractivity (Wildman–Crippen MR) is 168 cm³/mol. The van der Waals surface area contributed by atoms with Crippen molar-refractivity contribution in [3.8, 4) is 5.75 Å². The number of hydrogen-bond donors (Lipinski definition) is 4. The van der Waals surface area contributed by atoms with Crippen LogP contribution in [0.15, 0.2) is 24.4 Å².